The smallest absolute Gasteiger partial charge is 0.279 e. The summed E-state index contributed by atoms with van der Waals surface area (Å²) < 4.78 is 12.1. The number of phenolic OH excluding ortho intramolecular Hbond substituents is 1. The van der Waals surface area contributed by atoms with Crippen molar-refractivity contribution < 1.29 is 19.4 Å². The number of aromatic nitrogens is 2. The number of amides is 1. The van der Waals surface area contributed by atoms with Crippen molar-refractivity contribution in [2.45, 2.75) is 24.4 Å². The first-order chi connectivity index (χ1) is 12.9. The summed E-state index contributed by atoms with van der Waals surface area (Å²) in [6, 6.07) is 3.22. The summed E-state index contributed by atoms with van der Waals surface area (Å²) in [6.45, 7) is 1.96. The first-order valence-electron chi connectivity index (χ1n) is 8.39. The van der Waals surface area contributed by atoms with Gasteiger partial charge in [-0.2, -0.15) is 4.98 Å². The van der Waals surface area contributed by atoms with Crippen molar-refractivity contribution in [2.75, 3.05) is 25.3 Å². The second-order valence-corrected chi connectivity index (χ2v) is 7.26. The molecule has 0 spiro atoms. The highest BCUT2D eigenvalue weighted by Crippen LogP contribution is 2.43. The molecule has 27 heavy (non-hydrogen) atoms. The number of thioether (sulfide) groups is 1. The highest BCUT2D eigenvalue weighted by molar-refractivity contribution is 7.99. The van der Waals surface area contributed by atoms with Gasteiger partial charge in [-0.1, -0.05) is 18.7 Å². The molecule has 2 N–H and O–H groups in total. The summed E-state index contributed by atoms with van der Waals surface area (Å²) in [4.78, 5) is 29.3. The number of carbonyl (C=O) groups is 1. The van der Waals surface area contributed by atoms with E-state index in [1.807, 2.05) is 6.92 Å². The number of methoxy groups -OCH3 is 2. The van der Waals surface area contributed by atoms with Crippen molar-refractivity contribution in [2.24, 2.45) is 7.05 Å². The predicted molar refractivity (Wildman–Crippen MR) is 102 cm³/mol. The maximum Gasteiger partial charge on any atom is 0.279 e. The van der Waals surface area contributed by atoms with Crippen molar-refractivity contribution in [3.05, 3.63) is 33.6 Å². The minimum atomic E-state index is -0.524. The second kappa shape index (κ2) is 7.51. The van der Waals surface area contributed by atoms with Gasteiger partial charge in [0.1, 0.15) is 5.82 Å². The average molecular weight is 391 g/mol. The largest absolute Gasteiger partial charge is 0.502 e. The van der Waals surface area contributed by atoms with Gasteiger partial charge in [0, 0.05) is 19.4 Å². The van der Waals surface area contributed by atoms with Gasteiger partial charge in [0.25, 0.3) is 5.56 Å². The van der Waals surface area contributed by atoms with Gasteiger partial charge in [0.05, 0.1) is 19.8 Å². The van der Waals surface area contributed by atoms with Crippen LogP contribution < -0.4 is 20.3 Å². The summed E-state index contributed by atoms with van der Waals surface area (Å²) in [5, 5.41) is 13.5. The predicted octanol–water partition coefficient (Wildman–Crippen LogP) is 2.09. The number of benzene rings is 1. The molecule has 0 bridgehead atoms. The Morgan fingerprint density at radius 2 is 1.93 bits per heavy atom. The van der Waals surface area contributed by atoms with Gasteiger partial charge in [-0.25, -0.2) is 0 Å². The molecule has 1 unspecified atom stereocenters. The Hall–Kier alpha value is -2.68. The van der Waals surface area contributed by atoms with Gasteiger partial charge in [0.2, 0.25) is 11.7 Å². The SMILES string of the molecule is CCSc1nc(=O)c2c(n1C)NC(=O)CC2c1cc(OC)c(O)c(OC)c1. The number of nitrogens with one attached hydrogen (secondary N) is 1. The summed E-state index contributed by atoms with van der Waals surface area (Å²) in [6.07, 6.45) is 0.0846. The number of carbonyl (C=O) groups excluding carboxylic acids is 1. The molecule has 1 aliphatic heterocycles. The van der Waals surface area contributed by atoms with Crippen LogP contribution in [0.4, 0.5) is 5.82 Å². The third-order valence-corrected chi connectivity index (χ3v) is 5.39. The number of anilines is 1. The van der Waals surface area contributed by atoms with Crippen molar-refractivity contribution in [3.8, 4) is 17.2 Å². The molecular formula is C18H21N3O5S. The lowest BCUT2D eigenvalue weighted by atomic mass is 9.86. The van der Waals surface area contributed by atoms with E-state index >= 15 is 0 Å². The number of ether oxygens (including phenoxy) is 2. The Kier molecular flexibility index (Phi) is 5.31. The maximum absolute atomic E-state index is 12.8. The molecule has 9 heteroatoms. The van der Waals surface area contributed by atoms with E-state index in [2.05, 4.69) is 10.3 Å². The van der Waals surface area contributed by atoms with Crippen LogP contribution in [0.1, 0.15) is 30.4 Å². The van der Waals surface area contributed by atoms with Crippen LogP contribution in [0.5, 0.6) is 17.2 Å². The lowest BCUT2D eigenvalue weighted by Gasteiger charge is -2.28. The molecule has 2 heterocycles. The summed E-state index contributed by atoms with van der Waals surface area (Å²) >= 11 is 1.43. The molecule has 0 fully saturated rings. The third-order valence-electron chi connectivity index (χ3n) is 4.48. The molecule has 1 amide bonds. The zero-order valence-corrected chi connectivity index (χ0v) is 16.3. The van der Waals surface area contributed by atoms with Crippen molar-refractivity contribution in [3.63, 3.8) is 0 Å². The standard InChI is InChI=1S/C18H21N3O5S/c1-5-27-18-20-17(24)14-10(8-13(22)19-16(14)21(18)2)9-6-11(25-3)15(23)12(7-9)26-4/h6-7,10,23H,5,8H2,1-4H3,(H,19,22). The number of hydrogen-bond donors (Lipinski definition) is 2. The fraction of sp³-hybridized carbons (Fsp3) is 0.389. The van der Waals surface area contributed by atoms with Crippen molar-refractivity contribution in [1.82, 2.24) is 9.55 Å². The van der Waals surface area contributed by atoms with Crippen LogP contribution in [-0.4, -0.2) is 40.5 Å². The van der Waals surface area contributed by atoms with Crippen LogP contribution in [0.25, 0.3) is 0 Å². The van der Waals surface area contributed by atoms with Gasteiger partial charge in [-0.15, -0.1) is 0 Å². The van der Waals surface area contributed by atoms with Crippen LogP contribution >= 0.6 is 11.8 Å². The number of hydrogen-bond acceptors (Lipinski definition) is 7. The van der Waals surface area contributed by atoms with E-state index in [-0.39, 0.29) is 35.1 Å². The first kappa shape index (κ1) is 19.1. The highest BCUT2D eigenvalue weighted by atomic mass is 32.2. The number of rotatable bonds is 5. The van der Waals surface area contributed by atoms with Gasteiger partial charge in [-0.05, 0) is 23.4 Å². The highest BCUT2D eigenvalue weighted by Gasteiger charge is 2.33. The molecule has 144 valence electrons. The zero-order chi connectivity index (χ0) is 19.7. The van der Waals surface area contributed by atoms with E-state index in [4.69, 9.17) is 9.47 Å². The number of fused-ring (bicyclic) bond motifs is 1. The molecule has 8 nitrogen and oxygen atoms in total. The Morgan fingerprint density at radius 3 is 2.48 bits per heavy atom. The van der Waals surface area contributed by atoms with Crippen molar-refractivity contribution in [1.29, 1.82) is 0 Å². The molecular weight excluding hydrogens is 370 g/mol. The van der Waals surface area contributed by atoms with E-state index in [0.29, 0.717) is 22.1 Å². The zero-order valence-electron chi connectivity index (χ0n) is 15.5. The monoisotopic (exact) mass is 391 g/mol. The van der Waals surface area contributed by atoms with Crippen LogP contribution in [0.2, 0.25) is 0 Å². The molecule has 0 saturated carbocycles. The fourth-order valence-corrected chi connectivity index (χ4v) is 3.88. The van der Waals surface area contributed by atoms with E-state index in [0.717, 1.165) is 5.75 Å². The maximum atomic E-state index is 12.8. The van der Waals surface area contributed by atoms with Gasteiger partial charge in [0.15, 0.2) is 16.7 Å². The minimum absolute atomic E-state index is 0.0846. The molecule has 0 aliphatic carbocycles. The molecule has 1 aromatic heterocycles. The van der Waals surface area contributed by atoms with E-state index < -0.39 is 5.92 Å². The van der Waals surface area contributed by atoms with Gasteiger partial charge < -0.3 is 24.5 Å². The topological polar surface area (TPSA) is 103 Å². The second-order valence-electron chi connectivity index (χ2n) is 6.03. The van der Waals surface area contributed by atoms with Crippen LogP contribution in [0.15, 0.2) is 22.1 Å². The Morgan fingerprint density at radius 1 is 1.30 bits per heavy atom. The van der Waals surface area contributed by atoms with Crippen LogP contribution in [-0.2, 0) is 11.8 Å². The average Bonchev–Trinajstić information content (AvgIpc) is 2.65. The Bertz CT molecular complexity index is 932. The number of phenols is 1. The molecule has 1 aromatic carbocycles. The Balaban J connectivity index is 2.22. The summed E-state index contributed by atoms with van der Waals surface area (Å²) in [5.41, 5.74) is 0.662. The normalized spacial score (nSPS) is 15.9. The molecule has 1 aliphatic rings. The van der Waals surface area contributed by atoms with Crippen molar-refractivity contribution >= 4 is 23.5 Å². The molecule has 2 aromatic rings. The molecule has 1 atom stereocenters. The quantitative estimate of drug-likeness (QED) is 0.594. The summed E-state index contributed by atoms with van der Waals surface area (Å²) in [5.74, 6) is 0.752. The first-order valence-corrected chi connectivity index (χ1v) is 9.38. The fourth-order valence-electron chi connectivity index (χ4n) is 3.19. The van der Waals surface area contributed by atoms with Gasteiger partial charge >= 0.3 is 0 Å². The molecule has 0 saturated heterocycles. The van der Waals surface area contributed by atoms with Crippen LogP contribution in [0.3, 0.4) is 0 Å². The lowest BCUT2D eigenvalue weighted by Crippen LogP contribution is -2.33. The summed E-state index contributed by atoms with van der Waals surface area (Å²) in [7, 11) is 4.62. The number of nitrogens with zero attached hydrogens (tertiary/aromatic N) is 2. The Labute approximate surface area is 160 Å². The minimum Gasteiger partial charge on any atom is -0.502 e. The van der Waals surface area contributed by atoms with Crippen LogP contribution in [0, 0.1) is 0 Å². The lowest BCUT2D eigenvalue weighted by molar-refractivity contribution is -0.116. The molecule has 0 radical (unpaired) electrons. The third kappa shape index (κ3) is 3.34. The van der Waals surface area contributed by atoms with E-state index in [9.17, 15) is 14.7 Å². The number of aromatic hydroxyl groups is 1. The molecule has 3 rings (SSSR count). The van der Waals surface area contributed by atoms with Gasteiger partial charge in [-0.3, -0.25) is 9.59 Å². The van der Waals surface area contributed by atoms with E-state index in [1.54, 1.807) is 23.7 Å². The van der Waals surface area contributed by atoms with E-state index in [1.165, 1.54) is 26.0 Å².